The third-order valence-electron chi connectivity index (χ3n) is 5.85. The topological polar surface area (TPSA) is 69.2 Å². The van der Waals surface area contributed by atoms with Crippen LogP contribution in [0.1, 0.15) is 46.0 Å². The largest absolute Gasteiger partial charge is 0.382 e. The zero-order valence-electron chi connectivity index (χ0n) is 17.7. The smallest absolute Gasteiger partial charge is 0.243 e. The van der Waals surface area contributed by atoms with E-state index in [2.05, 4.69) is 27.4 Å². The van der Waals surface area contributed by atoms with Gasteiger partial charge in [-0.3, -0.25) is 9.69 Å². The summed E-state index contributed by atoms with van der Waals surface area (Å²) in [6.07, 6.45) is 6.05. The Labute approximate surface area is 164 Å². The first-order valence-electron chi connectivity index (χ1n) is 10.5. The summed E-state index contributed by atoms with van der Waals surface area (Å²) >= 11 is 0. The first-order valence-corrected chi connectivity index (χ1v) is 10.5. The molecule has 1 aliphatic carbocycles. The Bertz CT molecular complexity index is 491. The van der Waals surface area contributed by atoms with Crippen LogP contribution in [-0.2, 0) is 9.53 Å². The van der Waals surface area contributed by atoms with Crippen LogP contribution in [-0.4, -0.2) is 87.7 Å². The van der Waals surface area contributed by atoms with Crippen LogP contribution in [0.2, 0.25) is 0 Å². The summed E-state index contributed by atoms with van der Waals surface area (Å²) in [4.78, 5) is 20.6. The van der Waals surface area contributed by atoms with Gasteiger partial charge in [-0.25, -0.2) is 4.99 Å². The molecule has 0 radical (unpaired) electrons. The van der Waals surface area contributed by atoms with Crippen molar-refractivity contribution in [2.75, 3.05) is 60.0 Å². The predicted molar refractivity (Wildman–Crippen MR) is 110 cm³/mol. The van der Waals surface area contributed by atoms with Crippen LogP contribution >= 0.6 is 0 Å². The van der Waals surface area contributed by atoms with Crippen LogP contribution < -0.4 is 10.6 Å². The number of carbonyl (C=O) groups is 1. The number of ether oxygens (including phenoxy) is 1. The van der Waals surface area contributed by atoms with E-state index in [1.807, 2.05) is 6.92 Å². The third kappa shape index (κ3) is 7.30. The molecule has 1 saturated carbocycles. The van der Waals surface area contributed by atoms with Crippen molar-refractivity contribution in [3.05, 3.63) is 0 Å². The summed E-state index contributed by atoms with van der Waals surface area (Å²) < 4.78 is 5.53. The Morgan fingerprint density at radius 3 is 2.70 bits per heavy atom. The molecule has 2 rings (SSSR count). The van der Waals surface area contributed by atoms with E-state index in [9.17, 15) is 4.79 Å². The number of hydrogen-bond acceptors (Lipinski definition) is 4. The van der Waals surface area contributed by atoms with E-state index >= 15 is 0 Å². The van der Waals surface area contributed by atoms with Gasteiger partial charge in [0.2, 0.25) is 5.91 Å². The molecule has 0 spiro atoms. The van der Waals surface area contributed by atoms with Gasteiger partial charge in [0.25, 0.3) is 0 Å². The monoisotopic (exact) mass is 381 g/mol. The standard InChI is InChI=1S/C20H39N5O2/c1-5-25-12-7-8-17(25)14-21-19(22-15-18(26)24(3)4)23-16-20(9-10-20)11-13-27-6-2/h17H,5-16H2,1-4H3,(H2,21,22,23). The molecule has 2 aliphatic rings. The maximum atomic E-state index is 11.9. The summed E-state index contributed by atoms with van der Waals surface area (Å²) in [7, 11) is 3.53. The van der Waals surface area contributed by atoms with E-state index in [-0.39, 0.29) is 12.5 Å². The summed E-state index contributed by atoms with van der Waals surface area (Å²) in [6, 6.07) is 0.555. The van der Waals surface area contributed by atoms with Gasteiger partial charge in [-0.05, 0) is 57.5 Å². The predicted octanol–water partition coefficient (Wildman–Crippen LogP) is 1.30. The highest BCUT2D eigenvalue weighted by molar-refractivity contribution is 5.84. The van der Waals surface area contributed by atoms with E-state index in [0.717, 1.165) is 45.2 Å². The van der Waals surface area contributed by atoms with Crippen LogP contribution in [0.4, 0.5) is 0 Å². The fourth-order valence-electron chi connectivity index (χ4n) is 3.62. The Balaban J connectivity index is 1.87. The molecule has 7 nitrogen and oxygen atoms in total. The van der Waals surface area contributed by atoms with Gasteiger partial charge in [0.1, 0.15) is 6.54 Å². The average molecular weight is 382 g/mol. The average Bonchev–Trinajstić information content (AvgIpc) is 3.27. The number of hydrogen-bond donors (Lipinski definition) is 2. The van der Waals surface area contributed by atoms with Crippen molar-refractivity contribution in [1.29, 1.82) is 0 Å². The zero-order chi connectivity index (χ0) is 19.7. The van der Waals surface area contributed by atoms with E-state index in [1.54, 1.807) is 19.0 Å². The normalized spacial score (nSPS) is 21.9. The van der Waals surface area contributed by atoms with Gasteiger partial charge in [-0.15, -0.1) is 0 Å². The quantitative estimate of drug-likeness (QED) is 0.321. The number of carbonyl (C=O) groups excluding carboxylic acids is 1. The summed E-state index contributed by atoms with van der Waals surface area (Å²) in [5, 5.41) is 6.98. The second kappa shape index (κ2) is 10.9. The number of likely N-dealkylation sites (tertiary alicyclic amines) is 1. The van der Waals surface area contributed by atoms with Gasteiger partial charge in [0, 0.05) is 46.4 Å². The SMILES string of the molecule is CCOCCC1(CNC(=NCC(=O)N(C)C)NCC2CCCN2CC)CC1. The minimum Gasteiger partial charge on any atom is -0.382 e. The molecule has 1 saturated heterocycles. The maximum Gasteiger partial charge on any atom is 0.243 e. The molecule has 0 aromatic carbocycles. The second-order valence-electron chi connectivity index (χ2n) is 8.06. The third-order valence-corrected chi connectivity index (χ3v) is 5.85. The van der Waals surface area contributed by atoms with Crippen LogP contribution in [0.25, 0.3) is 0 Å². The molecule has 1 atom stereocenters. The lowest BCUT2D eigenvalue weighted by molar-refractivity contribution is -0.127. The minimum absolute atomic E-state index is 0.0182. The number of nitrogens with zero attached hydrogens (tertiary/aromatic N) is 3. The molecule has 0 aromatic rings. The van der Waals surface area contributed by atoms with Crippen molar-refractivity contribution in [3.8, 4) is 0 Å². The van der Waals surface area contributed by atoms with Gasteiger partial charge < -0.3 is 20.3 Å². The number of guanidine groups is 1. The van der Waals surface area contributed by atoms with Gasteiger partial charge in [0.05, 0.1) is 0 Å². The molecule has 0 aromatic heterocycles. The number of nitrogens with one attached hydrogen (secondary N) is 2. The first kappa shape index (κ1) is 22.0. The van der Waals surface area contributed by atoms with Crippen molar-refractivity contribution in [2.24, 2.45) is 10.4 Å². The van der Waals surface area contributed by atoms with Crippen molar-refractivity contribution >= 4 is 11.9 Å². The van der Waals surface area contributed by atoms with E-state index in [4.69, 9.17) is 4.74 Å². The lowest BCUT2D eigenvalue weighted by Gasteiger charge is -2.25. The Hall–Kier alpha value is -1.34. The summed E-state index contributed by atoms with van der Waals surface area (Å²) in [5.74, 6) is 0.778. The van der Waals surface area contributed by atoms with Gasteiger partial charge in [-0.2, -0.15) is 0 Å². The molecule has 2 N–H and O–H groups in total. The maximum absolute atomic E-state index is 11.9. The van der Waals surface area contributed by atoms with Crippen molar-refractivity contribution in [3.63, 3.8) is 0 Å². The molecule has 0 bridgehead atoms. The lowest BCUT2D eigenvalue weighted by Crippen LogP contribution is -2.46. The van der Waals surface area contributed by atoms with Crippen LogP contribution in [0, 0.1) is 5.41 Å². The summed E-state index contributed by atoms with van der Waals surface area (Å²) in [5.41, 5.74) is 0.339. The Morgan fingerprint density at radius 1 is 1.30 bits per heavy atom. The molecule has 1 unspecified atom stereocenters. The number of rotatable bonds is 11. The number of amides is 1. The Morgan fingerprint density at radius 2 is 2.07 bits per heavy atom. The Kier molecular flexibility index (Phi) is 8.83. The van der Waals surface area contributed by atoms with Gasteiger partial charge in [0.15, 0.2) is 5.96 Å². The van der Waals surface area contributed by atoms with Crippen LogP contribution in [0.3, 0.4) is 0 Å². The number of aliphatic imine (C=N–C) groups is 1. The van der Waals surface area contributed by atoms with Crippen molar-refractivity contribution in [1.82, 2.24) is 20.4 Å². The van der Waals surface area contributed by atoms with E-state index in [1.165, 1.54) is 32.2 Å². The molecule has 27 heavy (non-hydrogen) atoms. The molecule has 1 amide bonds. The molecule has 2 fully saturated rings. The van der Waals surface area contributed by atoms with Crippen LogP contribution in [0.5, 0.6) is 0 Å². The highest BCUT2D eigenvalue weighted by Gasteiger charge is 2.42. The molecule has 1 heterocycles. The first-order chi connectivity index (χ1) is 13.0. The summed E-state index contributed by atoms with van der Waals surface area (Å²) in [6.45, 7) is 10.1. The number of likely N-dealkylation sites (N-methyl/N-ethyl adjacent to an activating group) is 2. The highest BCUT2D eigenvalue weighted by atomic mass is 16.5. The van der Waals surface area contributed by atoms with Crippen molar-refractivity contribution < 1.29 is 9.53 Å². The van der Waals surface area contributed by atoms with E-state index < -0.39 is 0 Å². The highest BCUT2D eigenvalue weighted by Crippen LogP contribution is 2.48. The van der Waals surface area contributed by atoms with Crippen LogP contribution in [0.15, 0.2) is 4.99 Å². The van der Waals surface area contributed by atoms with Gasteiger partial charge >= 0.3 is 0 Å². The molecule has 156 valence electrons. The zero-order valence-corrected chi connectivity index (χ0v) is 17.7. The lowest BCUT2D eigenvalue weighted by atomic mass is 10.0. The molecule has 1 aliphatic heterocycles. The fraction of sp³-hybridized carbons (Fsp3) is 0.900. The molecular weight excluding hydrogens is 342 g/mol. The minimum atomic E-state index is 0.0182. The van der Waals surface area contributed by atoms with E-state index in [0.29, 0.717) is 11.5 Å². The molecular formula is C20H39N5O2. The van der Waals surface area contributed by atoms with Gasteiger partial charge in [-0.1, -0.05) is 6.92 Å². The van der Waals surface area contributed by atoms with Crippen molar-refractivity contribution in [2.45, 2.75) is 52.0 Å². The second-order valence-corrected chi connectivity index (χ2v) is 8.06. The molecule has 7 heteroatoms. The fourth-order valence-corrected chi connectivity index (χ4v) is 3.62.